The van der Waals surface area contributed by atoms with E-state index in [1.54, 1.807) is 24.3 Å². The zero-order valence-electron chi connectivity index (χ0n) is 19.2. The topological polar surface area (TPSA) is 101 Å². The number of carbonyl (C=O) groups is 1. The SMILES string of the molecule is CO[C@@H]1[C@H](OC)[C@@H](OC)C=C2c3cc4c(cc3C(=O)N(S(=O)(=O)c3ccc(C)cc3)[C@H]21)OCO4. The first-order valence-corrected chi connectivity index (χ1v) is 12.2. The summed E-state index contributed by atoms with van der Waals surface area (Å²) < 4.78 is 56.8. The molecule has 2 aromatic carbocycles. The first kappa shape index (κ1) is 22.9. The molecule has 10 heteroatoms. The minimum absolute atomic E-state index is 0.00711. The summed E-state index contributed by atoms with van der Waals surface area (Å²) in [5, 5.41) is 0. The van der Waals surface area contributed by atoms with Gasteiger partial charge in [-0.1, -0.05) is 17.7 Å². The van der Waals surface area contributed by atoms with Gasteiger partial charge in [-0.05, 0) is 48.4 Å². The molecule has 2 aromatic rings. The molecular weight excluding hydrogens is 462 g/mol. The summed E-state index contributed by atoms with van der Waals surface area (Å²) in [6.07, 6.45) is -0.211. The van der Waals surface area contributed by atoms with Crippen LogP contribution in [0.2, 0.25) is 0 Å². The molecule has 0 bridgehead atoms. The van der Waals surface area contributed by atoms with Gasteiger partial charge in [0.2, 0.25) is 6.79 Å². The maximum Gasteiger partial charge on any atom is 0.269 e. The number of aryl methyl sites for hydroxylation is 1. The average Bonchev–Trinajstić information content (AvgIpc) is 3.30. The number of hydrogen-bond acceptors (Lipinski definition) is 8. The van der Waals surface area contributed by atoms with E-state index in [1.807, 2.05) is 6.92 Å². The Morgan fingerprint density at radius 1 is 0.912 bits per heavy atom. The van der Waals surface area contributed by atoms with Crippen LogP contribution >= 0.6 is 0 Å². The number of hydrogen-bond donors (Lipinski definition) is 0. The summed E-state index contributed by atoms with van der Waals surface area (Å²) in [5.41, 5.74) is 2.23. The fourth-order valence-corrected chi connectivity index (χ4v) is 6.40. The molecule has 0 saturated heterocycles. The highest BCUT2D eigenvalue weighted by atomic mass is 32.2. The summed E-state index contributed by atoms with van der Waals surface area (Å²) in [5.74, 6) is 0.192. The van der Waals surface area contributed by atoms with Gasteiger partial charge >= 0.3 is 0 Å². The van der Waals surface area contributed by atoms with E-state index in [1.165, 1.54) is 39.5 Å². The highest BCUT2D eigenvalue weighted by Crippen LogP contribution is 2.46. The van der Waals surface area contributed by atoms with Gasteiger partial charge in [-0.15, -0.1) is 0 Å². The predicted molar refractivity (Wildman–Crippen MR) is 121 cm³/mol. The highest BCUT2D eigenvalue weighted by molar-refractivity contribution is 7.89. The molecule has 0 spiro atoms. The molecule has 2 aliphatic heterocycles. The Hall–Kier alpha value is -2.92. The Kier molecular flexibility index (Phi) is 5.64. The predicted octanol–water partition coefficient (Wildman–Crippen LogP) is 2.38. The first-order valence-electron chi connectivity index (χ1n) is 10.7. The van der Waals surface area contributed by atoms with Crippen LogP contribution in [0.25, 0.3) is 5.57 Å². The monoisotopic (exact) mass is 487 g/mol. The molecule has 0 fully saturated rings. The third-order valence-corrected chi connectivity index (χ3v) is 8.30. The normalized spacial score (nSPS) is 25.6. The van der Waals surface area contributed by atoms with Gasteiger partial charge in [-0.25, -0.2) is 12.7 Å². The molecule has 0 unspecified atom stereocenters. The lowest BCUT2D eigenvalue weighted by Gasteiger charge is -2.47. The van der Waals surface area contributed by atoms with Crippen LogP contribution in [0.4, 0.5) is 0 Å². The molecule has 0 N–H and O–H groups in total. The molecule has 0 aromatic heterocycles. The van der Waals surface area contributed by atoms with Crippen molar-refractivity contribution in [1.82, 2.24) is 4.31 Å². The van der Waals surface area contributed by atoms with E-state index < -0.39 is 40.3 Å². The molecule has 180 valence electrons. The summed E-state index contributed by atoms with van der Waals surface area (Å²) in [6, 6.07) is 8.63. The molecule has 0 radical (unpaired) electrons. The molecular formula is C24H25NO8S. The summed E-state index contributed by atoms with van der Waals surface area (Å²) in [4.78, 5) is 13.9. The van der Waals surface area contributed by atoms with Crippen molar-refractivity contribution in [3.8, 4) is 11.5 Å². The standard InChI is InChI=1S/C24H25NO8S/c1-13-5-7-14(8-6-13)34(27,28)25-21-16(10-20(29-2)22(30-3)23(21)31-4)15-9-18-19(33-12-32-18)11-17(15)24(25)26/h5-11,20-23H,12H2,1-4H3/t20-,21+,22+,23-/m0/s1. The lowest BCUT2D eigenvalue weighted by molar-refractivity contribution is -0.107. The van der Waals surface area contributed by atoms with Crippen molar-refractivity contribution in [3.63, 3.8) is 0 Å². The number of benzene rings is 2. The average molecular weight is 488 g/mol. The maximum absolute atomic E-state index is 13.9. The maximum atomic E-state index is 13.9. The molecule has 4 atom stereocenters. The van der Waals surface area contributed by atoms with Gasteiger partial charge in [-0.2, -0.15) is 0 Å². The number of sulfonamides is 1. The smallest absolute Gasteiger partial charge is 0.269 e. The van der Waals surface area contributed by atoms with Gasteiger partial charge < -0.3 is 23.7 Å². The van der Waals surface area contributed by atoms with E-state index in [0.29, 0.717) is 22.6 Å². The van der Waals surface area contributed by atoms with Crippen LogP contribution < -0.4 is 9.47 Å². The quantitative estimate of drug-likeness (QED) is 0.634. The molecule has 3 aliphatic rings. The van der Waals surface area contributed by atoms with Crippen molar-refractivity contribution in [2.24, 2.45) is 0 Å². The van der Waals surface area contributed by atoms with E-state index in [9.17, 15) is 13.2 Å². The summed E-state index contributed by atoms with van der Waals surface area (Å²) in [7, 11) is 0.236. The van der Waals surface area contributed by atoms with Crippen molar-refractivity contribution in [1.29, 1.82) is 0 Å². The minimum Gasteiger partial charge on any atom is -0.454 e. The number of rotatable bonds is 5. The van der Waals surface area contributed by atoms with E-state index in [4.69, 9.17) is 23.7 Å². The van der Waals surface area contributed by atoms with Crippen molar-refractivity contribution in [3.05, 3.63) is 59.2 Å². The third-order valence-electron chi connectivity index (χ3n) is 6.52. The van der Waals surface area contributed by atoms with Crippen molar-refractivity contribution >= 4 is 21.5 Å². The van der Waals surface area contributed by atoms with Crippen LogP contribution in [0, 0.1) is 6.92 Å². The lowest BCUT2D eigenvalue weighted by atomic mass is 9.79. The molecule has 1 amide bonds. The molecule has 0 saturated carbocycles. The van der Waals surface area contributed by atoms with E-state index >= 15 is 0 Å². The molecule has 34 heavy (non-hydrogen) atoms. The fourth-order valence-electron chi connectivity index (χ4n) is 4.84. The minimum atomic E-state index is -4.26. The van der Waals surface area contributed by atoms with Crippen LogP contribution in [-0.2, 0) is 24.2 Å². The molecule has 5 rings (SSSR count). The van der Waals surface area contributed by atoms with Gasteiger partial charge in [-0.3, -0.25) is 4.79 Å². The number of methoxy groups -OCH3 is 3. The molecule has 2 heterocycles. The molecule has 1 aliphatic carbocycles. The highest BCUT2D eigenvalue weighted by Gasteiger charge is 2.53. The zero-order valence-corrected chi connectivity index (χ0v) is 20.0. The van der Waals surface area contributed by atoms with Gasteiger partial charge in [0.25, 0.3) is 15.9 Å². The fraction of sp³-hybridized carbons (Fsp3) is 0.375. The van der Waals surface area contributed by atoms with Crippen molar-refractivity contribution < 1.29 is 36.9 Å². The number of nitrogens with zero attached hydrogens (tertiary/aromatic N) is 1. The zero-order chi connectivity index (χ0) is 24.2. The van der Waals surface area contributed by atoms with Crippen molar-refractivity contribution in [2.75, 3.05) is 28.1 Å². The van der Waals surface area contributed by atoms with Crippen molar-refractivity contribution in [2.45, 2.75) is 36.2 Å². The van der Waals surface area contributed by atoms with E-state index in [-0.39, 0.29) is 17.3 Å². The second-order valence-electron chi connectivity index (χ2n) is 8.34. The molecule has 9 nitrogen and oxygen atoms in total. The number of fused-ring (bicyclic) bond motifs is 4. The van der Waals surface area contributed by atoms with Gasteiger partial charge in [0.05, 0.1) is 10.5 Å². The summed E-state index contributed by atoms with van der Waals surface area (Å²) in [6.45, 7) is 1.88. The van der Waals surface area contributed by atoms with Gasteiger partial charge in [0, 0.05) is 21.3 Å². The van der Waals surface area contributed by atoms with Crippen LogP contribution in [-0.4, -0.2) is 71.1 Å². The van der Waals surface area contributed by atoms with E-state index in [0.717, 1.165) is 9.87 Å². The van der Waals surface area contributed by atoms with Crippen LogP contribution in [0.1, 0.15) is 21.5 Å². The second kappa shape index (κ2) is 8.38. The third kappa shape index (κ3) is 3.32. The Morgan fingerprint density at radius 3 is 2.12 bits per heavy atom. The number of amides is 1. The van der Waals surface area contributed by atoms with Crippen LogP contribution in [0.15, 0.2) is 47.4 Å². The van der Waals surface area contributed by atoms with Crippen LogP contribution in [0.5, 0.6) is 11.5 Å². The van der Waals surface area contributed by atoms with Crippen LogP contribution in [0.3, 0.4) is 0 Å². The lowest BCUT2D eigenvalue weighted by Crippen LogP contribution is -2.61. The second-order valence-corrected chi connectivity index (χ2v) is 10.2. The summed E-state index contributed by atoms with van der Waals surface area (Å²) >= 11 is 0. The Balaban J connectivity index is 1.77. The number of carbonyl (C=O) groups excluding carboxylic acids is 1. The van der Waals surface area contributed by atoms with E-state index in [2.05, 4.69) is 0 Å². The Morgan fingerprint density at radius 2 is 1.53 bits per heavy atom. The van der Waals surface area contributed by atoms with Gasteiger partial charge in [0.15, 0.2) is 11.5 Å². The first-order chi connectivity index (χ1) is 16.3. The largest absolute Gasteiger partial charge is 0.454 e. The van der Waals surface area contributed by atoms with Gasteiger partial charge in [0.1, 0.15) is 24.4 Å². The number of ether oxygens (including phenoxy) is 5. The Labute approximate surface area is 197 Å². The Bertz CT molecular complexity index is 1270.